The molecule has 0 fully saturated rings. The second kappa shape index (κ2) is 4.19. The Balaban J connectivity index is 2.60. The van der Waals surface area contributed by atoms with Crippen LogP contribution in [0.15, 0.2) is 30.5 Å². The Labute approximate surface area is 95.1 Å². The Hall–Kier alpha value is -2.08. The standard InChI is InChI=1S/C9H5ClN4O2/c10-9-12-7(5-11-13-9)6-3-1-2-4-8(6)14(15)16/h1-5H. The van der Waals surface area contributed by atoms with E-state index in [-0.39, 0.29) is 11.0 Å². The maximum Gasteiger partial charge on any atom is 0.278 e. The van der Waals surface area contributed by atoms with Crippen LogP contribution in [0.25, 0.3) is 11.3 Å². The third kappa shape index (κ3) is 1.96. The van der Waals surface area contributed by atoms with Crippen molar-refractivity contribution in [3.05, 3.63) is 45.9 Å². The molecule has 0 aliphatic carbocycles. The van der Waals surface area contributed by atoms with Gasteiger partial charge in [-0.2, -0.15) is 5.10 Å². The number of halogens is 1. The Morgan fingerprint density at radius 2 is 2.06 bits per heavy atom. The molecule has 0 atom stereocenters. The number of nitro groups is 1. The van der Waals surface area contributed by atoms with Crippen LogP contribution >= 0.6 is 11.6 Å². The lowest BCUT2D eigenvalue weighted by Crippen LogP contribution is -1.95. The molecule has 0 N–H and O–H groups in total. The molecule has 0 unspecified atom stereocenters. The van der Waals surface area contributed by atoms with Gasteiger partial charge in [-0.15, -0.1) is 5.10 Å². The summed E-state index contributed by atoms with van der Waals surface area (Å²) in [4.78, 5) is 14.2. The predicted octanol–water partition coefficient (Wildman–Crippen LogP) is 2.10. The van der Waals surface area contributed by atoms with Crippen molar-refractivity contribution in [1.29, 1.82) is 0 Å². The SMILES string of the molecule is O=[N+]([O-])c1ccccc1-c1cnnc(Cl)n1. The maximum absolute atomic E-state index is 10.8. The number of nitrogens with zero attached hydrogens (tertiary/aromatic N) is 4. The zero-order valence-electron chi connectivity index (χ0n) is 7.87. The topological polar surface area (TPSA) is 81.8 Å². The Bertz CT molecular complexity index is 547. The van der Waals surface area contributed by atoms with Crippen LogP contribution in [-0.2, 0) is 0 Å². The molecule has 0 saturated carbocycles. The molecule has 0 aliphatic rings. The van der Waals surface area contributed by atoms with Gasteiger partial charge in [0.1, 0.15) is 5.69 Å². The number of nitro benzene ring substituents is 1. The number of benzene rings is 1. The van der Waals surface area contributed by atoms with E-state index in [0.717, 1.165) is 0 Å². The number of rotatable bonds is 2. The van der Waals surface area contributed by atoms with Gasteiger partial charge in [0, 0.05) is 6.07 Å². The van der Waals surface area contributed by atoms with Gasteiger partial charge in [0.05, 0.1) is 16.7 Å². The van der Waals surface area contributed by atoms with E-state index < -0.39 is 4.92 Å². The molecule has 1 aromatic heterocycles. The predicted molar refractivity (Wildman–Crippen MR) is 56.9 cm³/mol. The fourth-order valence-corrected chi connectivity index (χ4v) is 1.40. The Morgan fingerprint density at radius 1 is 1.31 bits per heavy atom. The summed E-state index contributed by atoms with van der Waals surface area (Å²) >= 11 is 5.57. The molecule has 0 radical (unpaired) electrons. The smallest absolute Gasteiger partial charge is 0.258 e. The largest absolute Gasteiger partial charge is 0.278 e. The highest BCUT2D eigenvalue weighted by Crippen LogP contribution is 2.27. The summed E-state index contributed by atoms with van der Waals surface area (Å²) in [5.41, 5.74) is 0.649. The molecule has 1 heterocycles. The highest BCUT2D eigenvalue weighted by Gasteiger charge is 2.15. The molecule has 80 valence electrons. The van der Waals surface area contributed by atoms with E-state index in [1.54, 1.807) is 18.2 Å². The highest BCUT2D eigenvalue weighted by atomic mass is 35.5. The van der Waals surface area contributed by atoms with Gasteiger partial charge in [-0.3, -0.25) is 10.1 Å². The third-order valence-electron chi connectivity index (χ3n) is 1.91. The summed E-state index contributed by atoms with van der Waals surface area (Å²) < 4.78 is 0. The molecular weight excluding hydrogens is 232 g/mol. The van der Waals surface area contributed by atoms with E-state index in [0.29, 0.717) is 11.3 Å². The lowest BCUT2D eigenvalue weighted by atomic mass is 10.1. The molecular formula is C9H5ClN4O2. The van der Waals surface area contributed by atoms with Crippen LogP contribution in [0.2, 0.25) is 5.28 Å². The van der Waals surface area contributed by atoms with Gasteiger partial charge in [-0.05, 0) is 17.7 Å². The Kier molecular flexibility index (Phi) is 2.74. The summed E-state index contributed by atoms with van der Waals surface area (Å²) in [5.74, 6) is 0. The van der Waals surface area contributed by atoms with Crippen molar-refractivity contribution in [2.75, 3.05) is 0 Å². The van der Waals surface area contributed by atoms with Gasteiger partial charge in [0.2, 0.25) is 5.28 Å². The molecule has 0 bridgehead atoms. The van der Waals surface area contributed by atoms with Crippen molar-refractivity contribution >= 4 is 17.3 Å². The highest BCUT2D eigenvalue weighted by molar-refractivity contribution is 6.28. The second-order valence-corrected chi connectivity index (χ2v) is 3.22. The molecule has 0 spiro atoms. The minimum atomic E-state index is -0.481. The van der Waals surface area contributed by atoms with Crippen molar-refractivity contribution < 1.29 is 4.92 Å². The van der Waals surface area contributed by atoms with Gasteiger partial charge >= 0.3 is 0 Å². The normalized spacial score (nSPS) is 10.1. The van der Waals surface area contributed by atoms with E-state index >= 15 is 0 Å². The summed E-state index contributed by atoms with van der Waals surface area (Å²) in [6.45, 7) is 0. The average Bonchev–Trinajstić information content (AvgIpc) is 2.29. The fourth-order valence-electron chi connectivity index (χ4n) is 1.26. The van der Waals surface area contributed by atoms with Gasteiger partial charge in [-0.25, -0.2) is 4.98 Å². The van der Waals surface area contributed by atoms with Crippen molar-refractivity contribution in [3.63, 3.8) is 0 Å². The van der Waals surface area contributed by atoms with Crippen LogP contribution in [-0.4, -0.2) is 20.1 Å². The van der Waals surface area contributed by atoms with Crippen LogP contribution in [0.4, 0.5) is 5.69 Å². The van der Waals surface area contributed by atoms with E-state index in [1.165, 1.54) is 12.3 Å². The molecule has 1 aromatic carbocycles. The first-order chi connectivity index (χ1) is 7.68. The van der Waals surface area contributed by atoms with Gasteiger partial charge < -0.3 is 0 Å². The van der Waals surface area contributed by atoms with Gasteiger partial charge in [0.25, 0.3) is 5.69 Å². The first-order valence-corrected chi connectivity index (χ1v) is 4.65. The minimum Gasteiger partial charge on any atom is -0.258 e. The number of hydrogen-bond donors (Lipinski definition) is 0. The number of aromatic nitrogens is 3. The fraction of sp³-hybridized carbons (Fsp3) is 0. The monoisotopic (exact) mass is 236 g/mol. The molecule has 2 aromatic rings. The zero-order chi connectivity index (χ0) is 11.5. The van der Waals surface area contributed by atoms with Crippen molar-refractivity contribution in [3.8, 4) is 11.3 Å². The van der Waals surface area contributed by atoms with Crippen LogP contribution in [0.5, 0.6) is 0 Å². The molecule has 2 rings (SSSR count). The zero-order valence-corrected chi connectivity index (χ0v) is 8.63. The van der Waals surface area contributed by atoms with Gasteiger partial charge in [-0.1, -0.05) is 12.1 Å². The first kappa shape index (κ1) is 10.4. The van der Waals surface area contributed by atoms with Gasteiger partial charge in [0.15, 0.2) is 0 Å². The van der Waals surface area contributed by atoms with Crippen molar-refractivity contribution in [1.82, 2.24) is 15.2 Å². The molecule has 0 aliphatic heterocycles. The van der Waals surface area contributed by atoms with Crippen LogP contribution in [0, 0.1) is 10.1 Å². The Morgan fingerprint density at radius 3 is 2.75 bits per heavy atom. The van der Waals surface area contributed by atoms with Crippen molar-refractivity contribution in [2.24, 2.45) is 0 Å². The van der Waals surface area contributed by atoms with Crippen LogP contribution < -0.4 is 0 Å². The minimum absolute atomic E-state index is 0.0425. The van der Waals surface area contributed by atoms with E-state index in [1.807, 2.05) is 0 Å². The lowest BCUT2D eigenvalue weighted by Gasteiger charge is -2.00. The summed E-state index contributed by atoms with van der Waals surface area (Å²) in [6, 6.07) is 6.24. The van der Waals surface area contributed by atoms with Crippen LogP contribution in [0.1, 0.15) is 0 Å². The molecule has 7 heteroatoms. The summed E-state index contributed by atoms with van der Waals surface area (Å²) in [5, 5.41) is 17.8. The maximum atomic E-state index is 10.8. The van der Waals surface area contributed by atoms with E-state index in [2.05, 4.69) is 15.2 Å². The first-order valence-electron chi connectivity index (χ1n) is 4.27. The lowest BCUT2D eigenvalue weighted by molar-refractivity contribution is -0.384. The summed E-state index contributed by atoms with van der Waals surface area (Å²) in [7, 11) is 0. The van der Waals surface area contributed by atoms with E-state index in [9.17, 15) is 10.1 Å². The number of hydrogen-bond acceptors (Lipinski definition) is 5. The second-order valence-electron chi connectivity index (χ2n) is 2.88. The quantitative estimate of drug-likeness (QED) is 0.589. The molecule has 0 amide bonds. The van der Waals surface area contributed by atoms with E-state index in [4.69, 9.17) is 11.6 Å². The molecule has 6 nitrogen and oxygen atoms in total. The third-order valence-corrected chi connectivity index (χ3v) is 2.07. The van der Waals surface area contributed by atoms with Crippen molar-refractivity contribution in [2.45, 2.75) is 0 Å². The molecule has 16 heavy (non-hydrogen) atoms. The molecule has 0 saturated heterocycles. The summed E-state index contributed by atoms with van der Waals surface area (Å²) in [6.07, 6.45) is 1.33. The van der Waals surface area contributed by atoms with Crippen LogP contribution in [0.3, 0.4) is 0 Å². The average molecular weight is 237 g/mol. The number of para-hydroxylation sites is 1.